The molecule has 2 aromatic carbocycles. The van der Waals surface area contributed by atoms with Gasteiger partial charge in [-0.05, 0) is 16.7 Å². The van der Waals surface area contributed by atoms with Gasteiger partial charge in [-0.3, -0.25) is 9.59 Å². The van der Waals surface area contributed by atoms with Crippen LogP contribution in [0, 0.1) is 0 Å². The maximum Gasteiger partial charge on any atom is 0.305 e. The zero-order valence-electron chi connectivity index (χ0n) is 20.4. The highest BCUT2D eigenvalue weighted by atomic mass is 16.8. The van der Waals surface area contributed by atoms with E-state index in [2.05, 4.69) is 10.0 Å². The second kappa shape index (κ2) is 12.2. The van der Waals surface area contributed by atoms with Crippen LogP contribution in [0.25, 0.3) is 10.4 Å². The van der Waals surface area contributed by atoms with Gasteiger partial charge in [0.1, 0.15) is 11.7 Å². The first kappa shape index (κ1) is 22.4. The van der Waals surface area contributed by atoms with Crippen LogP contribution in [-0.4, -0.2) is 49.2 Å². The molecule has 1 saturated heterocycles. The number of rotatable bonds is 11. The van der Waals surface area contributed by atoms with Crippen LogP contribution in [0.4, 0.5) is 0 Å². The van der Waals surface area contributed by atoms with Crippen molar-refractivity contribution < 1.29 is 36.0 Å². The van der Waals surface area contributed by atoms with E-state index >= 15 is 0 Å². The molecule has 2 aromatic rings. The van der Waals surface area contributed by atoms with Gasteiger partial charge in [-0.15, -0.1) is 0 Å². The van der Waals surface area contributed by atoms with E-state index in [1.165, 1.54) is 0 Å². The van der Waals surface area contributed by atoms with E-state index in [0.29, 0.717) is 0 Å². The third-order valence-electron chi connectivity index (χ3n) is 5.08. The van der Waals surface area contributed by atoms with Gasteiger partial charge in [0.15, 0.2) is 6.10 Å². The topological polar surface area (TPSA) is 129 Å². The molecule has 0 bridgehead atoms. The minimum absolute atomic E-state index is 0.0691. The Hall–Kier alpha value is -3.43. The van der Waals surface area contributed by atoms with Crippen LogP contribution in [0.3, 0.4) is 0 Å². The second-order valence-electron chi connectivity index (χ2n) is 7.58. The number of esters is 2. The van der Waals surface area contributed by atoms with Crippen molar-refractivity contribution in [1.82, 2.24) is 0 Å². The highest BCUT2D eigenvalue weighted by molar-refractivity contribution is 5.67. The molecule has 4 atom stereocenters. The Morgan fingerprint density at radius 2 is 1.65 bits per heavy atom. The Kier molecular flexibility index (Phi) is 7.99. The van der Waals surface area contributed by atoms with Crippen LogP contribution >= 0.6 is 0 Å². The van der Waals surface area contributed by atoms with Crippen molar-refractivity contribution in [1.29, 1.82) is 0 Å². The average molecular weight is 472 g/mol. The monoisotopic (exact) mass is 471 g/mol. The Morgan fingerprint density at radius 1 is 1.03 bits per heavy atom. The number of azide groups is 1. The third-order valence-corrected chi connectivity index (χ3v) is 5.08. The summed E-state index contributed by atoms with van der Waals surface area (Å²) in [4.78, 5) is 26.9. The Balaban J connectivity index is 1.93. The summed E-state index contributed by atoms with van der Waals surface area (Å²) < 4.78 is 43.4. The number of ether oxygens (including phenoxy) is 5. The minimum Gasteiger partial charge on any atom is -0.453 e. The Morgan fingerprint density at radius 3 is 2.26 bits per heavy atom. The van der Waals surface area contributed by atoms with Gasteiger partial charge in [-0.2, -0.15) is 0 Å². The molecule has 1 heterocycles. The Bertz CT molecular complexity index is 1040. The number of carbonyl (C=O) groups is 2. The van der Waals surface area contributed by atoms with Crippen LogP contribution in [0.2, 0.25) is 0 Å². The van der Waals surface area contributed by atoms with E-state index in [1.54, 1.807) is 0 Å². The molecular weight excluding hydrogens is 442 g/mol. The molecule has 1 fully saturated rings. The molecule has 0 aromatic heterocycles. The molecule has 180 valence electrons. The number of nitrogens with zero attached hydrogens (tertiary/aromatic N) is 3. The Labute approximate surface area is 200 Å². The van der Waals surface area contributed by atoms with Gasteiger partial charge in [-0.1, -0.05) is 65.8 Å². The van der Waals surface area contributed by atoms with Gasteiger partial charge in [0.25, 0.3) is 0 Å². The summed E-state index contributed by atoms with van der Waals surface area (Å²) >= 11 is 0. The molecule has 1 aliphatic rings. The first-order valence-electron chi connectivity index (χ1n) is 11.9. The van der Waals surface area contributed by atoms with Crippen molar-refractivity contribution in [2.24, 2.45) is 5.11 Å². The minimum atomic E-state index is -1.50. The smallest absolute Gasteiger partial charge is 0.305 e. The summed E-state index contributed by atoms with van der Waals surface area (Å²) in [6.07, 6.45) is -3.86. The van der Waals surface area contributed by atoms with Gasteiger partial charge in [0.05, 0.1) is 26.4 Å². The van der Waals surface area contributed by atoms with Crippen LogP contribution in [0.1, 0.15) is 27.7 Å². The summed E-state index contributed by atoms with van der Waals surface area (Å²) in [5, 5.41) is 3.66. The van der Waals surface area contributed by atoms with E-state index in [0.717, 1.165) is 11.1 Å². The van der Waals surface area contributed by atoms with Crippen LogP contribution in [0.5, 0.6) is 0 Å². The van der Waals surface area contributed by atoms with Gasteiger partial charge in [0, 0.05) is 21.5 Å². The SMILES string of the molecule is [2H]CC(=O)OC1O[C@](CN=[N+]=[N-])(COCc2ccccc2)[C@@H](OCc2ccccc2)[C@H]1OC(=O)C[2H]. The van der Waals surface area contributed by atoms with Gasteiger partial charge in [0.2, 0.25) is 6.29 Å². The summed E-state index contributed by atoms with van der Waals surface area (Å²) in [5.41, 5.74) is 9.22. The molecule has 3 rings (SSSR count). The molecule has 0 amide bonds. The van der Waals surface area contributed by atoms with E-state index in [4.69, 9.17) is 32.0 Å². The highest BCUT2D eigenvalue weighted by Gasteiger charge is 2.59. The van der Waals surface area contributed by atoms with E-state index in [1.807, 2.05) is 60.7 Å². The van der Waals surface area contributed by atoms with Crippen molar-refractivity contribution in [2.75, 3.05) is 13.2 Å². The number of hydrogen-bond donors (Lipinski definition) is 0. The van der Waals surface area contributed by atoms with Crippen molar-refractivity contribution in [3.05, 3.63) is 82.2 Å². The molecule has 0 saturated carbocycles. The quantitative estimate of drug-likeness (QED) is 0.211. The van der Waals surface area contributed by atoms with Crippen molar-refractivity contribution in [2.45, 2.75) is 51.1 Å². The fourth-order valence-corrected chi connectivity index (χ4v) is 3.66. The molecule has 0 spiro atoms. The highest BCUT2D eigenvalue weighted by Crippen LogP contribution is 2.38. The van der Waals surface area contributed by atoms with Crippen molar-refractivity contribution in [3.8, 4) is 0 Å². The van der Waals surface area contributed by atoms with Crippen LogP contribution < -0.4 is 0 Å². The molecule has 0 radical (unpaired) electrons. The lowest BCUT2D eigenvalue weighted by atomic mass is 9.95. The summed E-state index contributed by atoms with van der Waals surface area (Å²) in [5.74, 6) is -1.81. The van der Waals surface area contributed by atoms with Gasteiger partial charge >= 0.3 is 11.9 Å². The number of hydrogen-bond acceptors (Lipinski definition) is 8. The molecule has 0 N–H and O–H groups in total. The van der Waals surface area contributed by atoms with Crippen LogP contribution in [0.15, 0.2) is 65.8 Å². The predicted octanol–water partition coefficient (Wildman–Crippen LogP) is 3.69. The molecule has 10 heteroatoms. The maximum absolute atomic E-state index is 12.1. The molecule has 1 unspecified atom stereocenters. The zero-order chi connectivity index (χ0) is 25.8. The third kappa shape index (κ3) is 6.79. The molecule has 1 aliphatic heterocycles. The largest absolute Gasteiger partial charge is 0.453 e. The van der Waals surface area contributed by atoms with Gasteiger partial charge < -0.3 is 23.7 Å². The van der Waals surface area contributed by atoms with E-state index < -0.39 is 49.8 Å². The van der Waals surface area contributed by atoms with Crippen molar-refractivity contribution >= 4 is 11.9 Å². The number of carbonyl (C=O) groups excluding carboxylic acids is 2. The normalized spacial score (nSPS) is 24.4. The lowest BCUT2D eigenvalue weighted by Crippen LogP contribution is -2.51. The average Bonchev–Trinajstić information content (AvgIpc) is 3.18. The molecule has 34 heavy (non-hydrogen) atoms. The standard InChI is InChI=1S/C24H27N3O7/c1-17(28)32-21-22(31-14-20-11-7-4-8-12-20)24(15-26-27-25,34-23(21)33-18(2)29)16-30-13-19-9-5-3-6-10-19/h3-12,21-23H,13-16H2,1-2H3/t21-,22+,23?,24-/m1/s1/i1D,2D. The molecule has 10 nitrogen and oxygen atoms in total. The maximum atomic E-state index is 12.1. The first-order chi connectivity index (χ1) is 17.5. The zero-order valence-corrected chi connectivity index (χ0v) is 18.4. The molecular formula is C24H27N3O7. The van der Waals surface area contributed by atoms with Crippen LogP contribution in [-0.2, 0) is 46.5 Å². The summed E-state index contributed by atoms with van der Waals surface area (Å²) in [7, 11) is 0. The lowest BCUT2D eigenvalue weighted by Gasteiger charge is -2.33. The summed E-state index contributed by atoms with van der Waals surface area (Å²) in [6.45, 7) is -1.56. The number of benzene rings is 2. The lowest BCUT2D eigenvalue weighted by molar-refractivity contribution is -0.210. The van der Waals surface area contributed by atoms with E-state index in [-0.39, 0.29) is 26.4 Å². The van der Waals surface area contributed by atoms with Gasteiger partial charge in [-0.25, -0.2) is 0 Å². The summed E-state index contributed by atoms with van der Waals surface area (Å²) in [6, 6.07) is 18.5. The molecule has 0 aliphatic carbocycles. The fraction of sp³-hybridized carbons (Fsp3) is 0.417. The van der Waals surface area contributed by atoms with E-state index in [9.17, 15) is 9.59 Å². The fourth-order valence-electron chi connectivity index (χ4n) is 3.66. The van der Waals surface area contributed by atoms with Crippen molar-refractivity contribution in [3.63, 3.8) is 0 Å². The second-order valence-corrected chi connectivity index (χ2v) is 7.58. The predicted molar refractivity (Wildman–Crippen MR) is 120 cm³/mol. The first-order valence-corrected chi connectivity index (χ1v) is 10.4.